The number of alkyl halides is 1. The number of para-hydroxylation sites is 1. The van der Waals surface area contributed by atoms with Gasteiger partial charge in [-0.25, -0.2) is 0 Å². The van der Waals surface area contributed by atoms with Crippen LogP contribution in [-0.2, 0) is 0 Å². The van der Waals surface area contributed by atoms with Gasteiger partial charge >= 0.3 is 0 Å². The van der Waals surface area contributed by atoms with E-state index in [0.717, 1.165) is 18.2 Å². The fourth-order valence-corrected chi connectivity index (χ4v) is 2.99. The van der Waals surface area contributed by atoms with Gasteiger partial charge in [-0.05, 0) is 25.0 Å². The number of hydrogen-bond acceptors (Lipinski definition) is 1. The highest BCUT2D eigenvalue weighted by molar-refractivity contribution is 9.09. The molecule has 0 aliphatic heterocycles. The van der Waals surface area contributed by atoms with Crippen molar-refractivity contribution < 1.29 is 4.74 Å². The zero-order valence-electron chi connectivity index (χ0n) is 10.1. The average molecular weight is 340 g/mol. The maximum absolute atomic E-state index is 6.07. The molecule has 1 nitrogen and oxygen atoms in total. The molecule has 0 atom stereocenters. The second kappa shape index (κ2) is 6.86. The fourth-order valence-electron chi connectivity index (χ4n) is 1.53. The van der Waals surface area contributed by atoms with Gasteiger partial charge in [0.2, 0.25) is 0 Å². The van der Waals surface area contributed by atoms with Gasteiger partial charge in [-0.3, -0.25) is 0 Å². The van der Waals surface area contributed by atoms with Crippen molar-refractivity contribution in [2.45, 2.75) is 26.7 Å². The van der Waals surface area contributed by atoms with Gasteiger partial charge in [-0.1, -0.05) is 59.0 Å². The highest BCUT2D eigenvalue weighted by Crippen LogP contribution is 2.35. The molecule has 1 rings (SSSR count). The predicted octanol–water partition coefficient (Wildman–Crippen LogP) is 5.57. The highest BCUT2D eigenvalue weighted by atomic mass is 79.9. The summed E-state index contributed by atoms with van der Waals surface area (Å²) in [5.74, 6) is 0.586. The molecule has 0 saturated heterocycles. The minimum absolute atomic E-state index is 0.141. The van der Waals surface area contributed by atoms with Crippen LogP contribution in [-0.4, -0.2) is 11.9 Å². The normalized spacial score (nSPS) is 11.6. The Morgan fingerprint density at radius 1 is 1.18 bits per heavy atom. The van der Waals surface area contributed by atoms with Crippen LogP contribution in [0.5, 0.6) is 5.75 Å². The molecule has 1 aromatic carbocycles. The molecule has 0 heterocycles. The zero-order chi connectivity index (χ0) is 12.9. The molecule has 0 amide bonds. The monoisotopic (exact) mass is 338 g/mol. The van der Waals surface area contributed by atoms with Crippen molar-refractivity contribution in [3.8, 4) is 5.75 Å². The third kappa shape index (κ3) is 3.77. The van der Waals surface area contributed by atoms with Crippen molar-refractivity contribution in [2.24, 2.45) is 5.41 Å². The molecular formula is C13H17BrCl2O. The SMILES string of the molecule is CCC(CC)(CBr)COc1c(Cl)cccc1Cl. The van der Waals surface area contributed by atoms with Crippen LogP contribution in [0.4, 0.5) is 0 Å². The van der Waals surface area contributed by atoms with Crippen LogP contribution in [0, 0.1) is 5.41 Å². The van der Waals surface area contributed by atoms with Crippen LogP contribution in [0.3, 0.4) is 0 Å². The molecule has 0 saturated carbocycles. The van der Waals surface area contributed by atoms with Gasteiger partial charge in [0.05, 0.1) is 16.7 Å². The summed E-state index contributed by atoms with van der Waals surface area (Å²) in [5, 5.41) is 2.04. The molecule has 4 heteroatoms. The summed E-state index contributed by atoms with van der Waals surface area (Å²) in [6.07, 6.45) is 2.10. The maximum atomic E-state index is 6.07. The van der Waals surface area contributed by atoms with Gasteiger partial charge in [0.15, 0.2) is 5.75 Å². The summed E-state index contributed by atoms with van der Waals surface area (Å²) in [5.41, 5.74) is 0.141. The van der Waals surface area contributed by atoms with Gasteiger partial charge in [-0.15, -0.1) is 0 Å². The van der Waals surface area contributed by atoms with Gasteiger partial charge in [-0.2, -0.15) is 0 Å². The second-order valence-electron chi connectivity index (χ2n) is 4.18. The number of rotatable bonds is 6. The average Bonchev–Trinajstić information content (AvgIpc) is 2.34. The third-order valence-electron chi connectivity index (χ3n) is 3.23. The van der Waals surface area contributed by atoms with E-state index in [1.807, 2.05) is 6.07 Å². The van der Waals surface area contributed by atoms with Crippen LogP contribution in [0.15, 0.2) is 18.2 Å². The molecule has 0 aliphatic carbocycles. The van der Waals surface area contributed by atoms with Crippen molar-refractivity contribution in [1.29, 1.82) is 0 Å². The van der Waals surface area contributed by atoms with Gasteiger partial charge in [0.1, 0.15) is 0 Å². The fraction of sp³-hybridized carbons (Fsp3) is 0.538. The van der Waals surface area contributed by atoms with Crippen LogP contribution in [0.25, 0.3) is 0 Å². The van der Waals surface area contributed by atoms with Gasteiger partial charge in [0.25, 0.3) is 0 Å². The Bertz CT molecular complexity index is 336. The molecule has 1 aromatic rings. The van der Waals surface area contributed by atoms with E-state index >= 15 is 0 Å². The first-order chi connectivity index (χ1) is 8.08. The highest BCUT2D eigenvalue weighted by Gasteiger charge is 2.26. The molecule has 0 spiro atoms. The lowest BCUT2D eigenvalue weighted by molar-refractivity contribution is 0.158. The predicted molar refractivity (Wildman–Crippen MR) is 78.8 cm³/mol. The van der Waals surface area contributed by atoms with E-state index < -0.39 is 0 Å². The number of halogens is 3. The molecule has 0 radical (unpaired) electrons. The van der Waals surface area contributed by atoms with E-state index in [-0.39, 0.29) is 5.41 Å². The lowest BCUT2D eigenvalue weighted by atomic mass is 9.86. The molecular weight excluding hydrogens is 323 g/mol. The van der Waals surface area contributed by atoms with Crippen molar-refractivity contribution in [3.63, 3.8) is 0 Å². The molecule has 96 valence electrons. The minimum atomic E-state index is 0.141. The first kappa shape index (κ1) is 15.1. The van der Waals surface area contributed by atoms with Crippen molar-refractivity contribution >= 4 is 39.1 Å². The number of hydrogen-bond donors (Lipinski definition) is 0. The Kier molecular flexibility index (Phi) is 6.11. The molecule has 0 N–H and O–H groups in total. The van der Waals surface area contributed by atoms with E-state index in [1.165, 1.54) is 0 Å². The lowest BCUT2D eigenvalue weighted by Crippen LogP contribution is -2.29. The van der Waals surface area contributed by atoms with Crippen LogP contribution < -0.4 is 4.74 Å². The van der Waals surface area contributed by atoms with Crippen LogP contribution in [0.1, 0.15) is 26.7 Å². The largest absolute Gasteiger partial charge is 0.490 e. The third-order valence-corrected chi connectivity index (χ3v) is 5.01. The van der Waals surface area contributed by atoms with Crippen molar-refractivity contribution in [1.82, 2.24) is 0 Å². The topological polar surface area (TPSA) is 9.23 Å². The number of ether oxygens (including phenoxy) is 1. The van der Waals surface area contributed by atoms with E-state index in [9.17, 15) is 0 Å². The Morgan fingerprint density at radius 2 is 1.71 bits per heavy atom. The summed E-state index contributed by atoms with van der Waals surface area (Å²) < 4.78 is 5.81. The first-order valence-electron chi connectivity index (χ1n) is 5.71. The second-order valence-corrected chi connectivity index (χ2v) is 5.56. The molecule has 17 heavy (non-hydrogen) atoms. The molecule has 0 fully saturated rings. The summed E-state index contributed by atoms with van der Waals surface area (Å²) in [6, 6.07) is 5.39. The van der Waals surface area contributed by atoms with Crippen molar-refractivity contribution in [2.75, 3.05) is 11.9 Å². The lowest BCUT2D eigenvalue weighted by Gasteiger charge is -2.29. The molecule has 0 aromatic heterocycles. The Hall–Kier alpha value is 0.0800. The van der Waals surface area contributed by atoms with Crippen LogP contribution in [0.2, 0.25) is 10.0 Å². The smallest absolute Gasteiger partial charge is 0.156 e. The summed E-state index contributed by atoms with van der Waals surface area (Å²) in [6.45, 7) is 4.96. The van der Waals surface area contributed by atoms with Crippen molar-refractivity contribution in [3.05, 3.63) is 28.2 Å². The van der Waals surface area contributed by atoms with Crippen LogP contribution >= 0.6 is 39.1 Å². The zero-order valence-corrected chi connectivity index (χ0v) is 13.2. The Labute approximate surface area is 122 Å². The maximum Gasteiger partial charge on any atom is 0.156 e. The minimum Gasteiger partial charge on any atom is -0.490 e. The molecule has 0 unspecified atom stereocenters. The van der Waals surface area contributed by atoms with Gasteiger partial charge in [0, 0.05) is 10.7 Å². The number of benzene rings is 1. The Balaban J connectivity index is 2.79. The van der Waals surface area contributed by atoms with E-state index in [4.69, 9.17) is 27.9 Å². The first-order valence-corrected chi connectivity index (χ1v) is 7.59. The van der Waals surface area contributed by atoms with E-state index in [0.29, 0.717) is 22.4 Å². The van der Waals surface area contributed by atoms with E-state index in [2.05, 4.69) is 29.8 Å². The summed E-state index contributed by atoms with van der Waals surface area (Å²) >= 11 is 15.7. The standard InChI is InChI=1S/C13H17BrCl2O/c1-3-13(4-2,8-14)9-17-12-10(15)6-5-7-11(12)16/h5-7H,3-4,8-9H2,1-2H3. The molecule has 0 bridgehead atoms. The summed E-state index contributed by atoms with van der Waals surface area (Å²) in [7, 11) is 0. The van der Waals surface area contributed by atoms with Gasteiger partial charge < -0.3 is 4.74 Å². The van der Waals surface area contributed by atoms with E-state index in [1.54, 1.807) is 12.1 Å². The molecule has 0 aliphatic rings. The quantitative estimate of drug-likeness (QED) is 0.615. The summed E-state index contributed by atoms with van der Waals surface area (Å²) in [4.78, 5) is 0. The Morgan fingerprint density at radius 3 is 2.12 bits per heavy atom.